The van der Waals surface area contributed by atoms with Crippen molar-refractivity contribution in [1.29, 1.82) is 0 Å². The number of nitrogens with one attached hydrogen (secondary N) is 2. The molecule has 0 radical (unpaired) electrons. The summed E-state index contributed by atoms with van der Waals surface area (Å²) in [5.74, 6) is 0.814. The molecular weight excluding hydrogens is 316 g/mol. The van der Waals surface area contributed by atoms with Crippen molar-refractivity contribution in [3.63, 3.8) is 0 Å². The van der Waals surface area contributed by atoms with Crippen molar-refractivity contribution in [3.8, 4) is 0 Å². The third kappa shape index (κ3) is 5.83. The second kappa shape index (κ2) is 8.45. The van der Waals surface area contributed by atoms with Crippen LogP contribution in [0.2, 0.25) is 0 Å². The molecule has 136 valence electrons. The van der Waals surface area contributed by atoms with Crippen molar-refractivity contribution in [2.45, 2.75) is 25.8 Å². The topological polar surface area (TPSA) is 64.7 Å². The standard InChI is InChI=1S/C19H28N4O2/c1-15(16-7-8-16)20-18(24)13-22-9-11-23(12-10-22)14-19(25)21-17-5-3-2-4-6-17/h2-6,15-16H,7-14H2,1H3,(H,20,24)(H,21,25). The Kier molecular flexibility index (Phi) is 6.04. The predicted molar refractivity (Wildman–Crippen MR) is 98.3 cm³/mol. The second-order valence-corrected chi connectivity index (χ2v) is 7.16. The van der Waals surface area contributed by atoms with E-state index < -0.39 is 0 Å². The average molecular weight is 344 g/mol. The zero-order chi connectivity index (χ0) is 17.6. The van der Waals surface area contributed by atoms with Crippen LogP contribution in [0.5, 0.6) is 0 Å². The lowest BCUT2D eigenvalue weighted by molar-refractivity contribution is -0.124. The van der Waals surface area contributed by atoms with Gasteiger partial charge < -0.3 is 10.6 Å². The highest BCUT2D eigenvalue weighted by molar-refractivity contribution is 5.92. The number of amides is 2. The number of benzene rings is 1. The molecule has 1 aliphatic heterocycles. The Morgan fingerprint density at radius 1 is 1.00 bits per heavy atom. The SMILES string of the molecule is CC(NC(=O)CN1CCN(CC(=O)Nc2ccccc2)CC1)C1CC1. The normalized spacial score (nSPS) is 20.0. The maximum Gasteiger partial charge on any atom is 0.238 e. The number of piperazine rings is 1. The predicted octanol–water partition coefficient (Wildman–Crippen LogP) is 1.16. The molecule has 6 nitrogen and oxygen atoms in total. The molecule has 1 heterocycles. The van der Waals surface area contributed by atoms with Gasteiger partial charge in [-0.1, -0.05) is 18.2 Å². The van der Waals surface area contributed by atoms with Crippen molar-refractivity contribution in [1.82, 2.24) is 15.1 Å². The van der Waals surface area contributed by atoms with Crippen molar-refractivity contribution in [3.05, 3.63) is 30.3 Å². The largest absolute Gasteiger partial charge is 0.352 e. The summed E-state index contributed by atoms with van der Waals surface area (Å²) in [5.41, 5.74) is 0.826. The van der Waals surface area contributed by atoms with E-state index in [2.05, 4.69) is 27.4 Å². The highest BCUT2D eigenvalue weighted by Gasteiger charge is 2.29. The number of anilines is 1. The summed E-state index contributed by atoms with van der Waals surface area (Å²) in [7, 11) is 0. The molecule has 3 rings (SSSR count). The van der Waals surface area contributed by atoms with Gasteiger partial charge in [0.1, 0.15) is 0 Å². The van der Waals surface area contributed by atoms with E-state index in [1.807, 2.05) is 30.3 Å². The zero-order valence-corrected chi connectivity index (χ0v) is 14.9. The first-order valence-corrected chi connectivity index (χ1v) is 9.19. The van der Waals surface area contributed by atoms with Gasteiger partial charge in [0.25, 0.3) is 0 Å². The highest BCUT2D eigenvalue weighted by Crippen LogP contribution is 2.32. The monoisotopic (exact) mass is 344 g/mol. The van der Waals surface area contributed by atoms with Crippen LogP contribution in [-0.4, -0.2) is 66.9 Å². The van der Waals surface area contributed by atoms with Crippen LogP contribution in [0.1, 0.15) is 19.8 Å². The van der Waals surface area contributed by atoms with Crippen molar-refractivity contribution in [2.24, 2.45) is 5.92 Å². The van der Waals surface area contributed by atoms with Gasteiger partial charge in [-0.3, -0.25) is 19.4 Å². The number of nitrogens with zero attached hydrogens (tertiary/aromatic N) is 2. The first-order chi connectivity index (χ1) is 12.1. The Bertz CT molecular complexity index is 580. The van der Waals surface area contributed by atoms with Gasteiger partial charge in [0.15, 0.2) is 0 Å². The fourth-order valence-corrected chi connectivity index (χ4v) is 3.25. The number of para-hydroxylation sites is 1. The van der Waals surface area contributed by atoms with Crippen LogP contribution in [0.25, 0.3) is 0 Å². The van der Waals surface area contributed by atoms with Crippen molar-refractivity contribution in [2.75, 3.05) is 44.6 Å². The molecule has 1 aliphatic carbocycles. The summed E-state index contributed by atoms with van der Waals surface area (Å²) < 4.78 is 0. The molecule has 1 atom stereocenters. The Labute approximate surface area is 149 Å². The van der Waals surface area contributed by atoms with Crippen LogP contribution in [-0.2, 0) is 9.59 Å². The summed E-state index contributed by atoms with van der Waals surface area (Å²) in [6.45, 7) is 6.22. The van der Waals surface area contributed by atoms with E-state index in [1.165, 1.54) is 12.8 Å². The molecule has 25 heavy (non-hydrogen) atoms. The van der Waals surface area contributed by atoms with Crippen LogP contribution in [0, 0.1) is 5.92 Å². The molecule has 2 aliphatic rings. The molecule has 2 amide bonds. The van der Waals surface area contributed by atoms with Gasteiger partial charge in [-0.15, -0.1) is 0 Å². The second-order valence-electron chi connectivity index (χ2n) is 7.16. The third-order valence-corrected chi connectivity index (χ3v) is 4.97. The zero-order valence-electron chi connectivity index (χ0n) is 14.9. The summed E-state index contributed by atoms with van der Waals surface area (Å²) in [4.78, 5) is 28.5. The van der Waals surface area contributed by atoms with Crippen LogP contribution < -0.4 is 10.6 Å². The van der Waals surface area contributed by atoms with Gasteiger partial charge >= 0.3 is 0 Å². The Morgan fingerprint density at radius 3 is 2.12 bits per heavy atom. The van der Waals surface area contributed by atoms with Crippen LogP contribution >= 0.6 is 0 Å². The van der Waals surface area contributed by atoms with Crippen LogP contribution in [0.3, 0.4) is 0 Å². The molecule has 0 spiro atoms. The van der Waals surface area contributed by atoms with E-state index in [1.54, 1.807) is 0 Å². The fourth-order valence-electron chi connectivity index (χ4n) is 3.25. The van der Waals surface area contributed by atoms with E-state index >= 15 is 0 Å². The van der Waals surface area contributed by atoms with Crippen molar-refractivity contribution >= 4 is 17.5 Å². The van der Waals surface area contributed by atoms with Crippen LogP contribution in [0.4, 0.5) is 5.69 Å². The number of carbonyl (C=O) groups is 2. The molecule has 1 unspecified atom stereocenters. The van der Waals surface area contributed by atoms with Gasteiger partial charge in [0.05, 0.1) is 13.1 Å². The molecule has 1 saturated carbocycles. The summed E-state index contributed by atoms with van der Waals surface area (Å²) in [5, 5.41) is 6.01. The van der Waals surface area contributed by atoms with Crippen molar-refractivity contribution < 1.29 is 9.59 Å². The molecular formula is C19H28N4O2. The number of rotatable bonds is 7. The number of hydrogen-bond donors (Lipinski definition) is 2. The Balaban J connectivity index is 1.34. The number of carbonyl (C=O) groups excluding carboxylic acids is 2. The Hall–Kier alpha value is -1.92. The van der Waals surface area contributed by atoms with E-state index in [0.29, 0.717) is 25.0 Å². The first-order valence-electron chi connectivity index (χ1n) is 9.19. The highest BCUT2D eigenvalue weighted by atomic mass is 16.2. The molecule has 0 aromatic heterocycles. The summed E-state index contributed by atoms with van der Waals surface area (Å²) >= 11 is 0. The van der Waals surface area contributed by atoms with E-state index in [-0.39, 0.29) is 11.8 Å². The van der Waals surface area contributed by atoms with E-state index in [9.17, 15) is 9.59 Å². The van der Waals surface area contributed by atoms with Gasteiger partial charge in [0, 0.05) is 37.9 Å². The molecule has 2 fully saturated rings. The molecule has 1 aromatic carbocycles. The smallest absolute Gasteiger partial charge is 0.238 e. The minimum atomic E-state index is 0.00986. The maximum absolute atomic E-state index is 12.1. The van der Waals surface area contributed by atoms with E-state index in [4.69, 9.17) is 0 Å². The lowest BCUT2D eigenvalue weighted by Crippen LogP contribution is -2.51. The van der Waals surface area contributed by atoms with Crippen LogP contribution in [0.15, 0.2) is 30.3 Å². The first kappa shape index (κ1) is 17.9. The maximum atomic E-state index is 12.1. The minimum absolute atomic E-state index is 0.00986. The average Bonchev–Trinajstić information content (AvgIpc) is 3.42. The van der Waals surface area contributed by atoms with Gasteiger partial charge in [-0.05, 0) is 37.8 Å². The molecule has 1 saturated heterocycles. The van der Waals surface area contributed by atoms with Gasteiger partial charge in [-0.25, -0.2) is 0 Å². The molecule has 6 heteroatoms. The summed E-state index contributed by atoms with van der Waals surface area (Å²) in [6, 6.07) is 9.81. The fraction of sp³-hybridized carbons (Fsp3) is 0.579. The third-order valence-electron chi connectivity index (χ3n) is 4.97. The lowest BCUT2D eigenvalue weighted by Gasteiger charge is -2.34. The van der Waals surface area contributed by atoms with Gasteiger partial charge in [-0.2, -0.15) is 0 Å². The van der Waals surface area contributed by atoms with E-state index in [0.717, 1.165) is 31.9 Å². The van der Waals surface area contributed by atoms with Gasteiger partial charge in [0.2, 0.25) is 11.8 Å². The number of hydrogen-bond acceptors (Lipinski definition) is 4. The molecule has 1 aromatic rings. The quantitative estimate of drug-likeness (QED) is 0.779. The Morgan fingerprint density at radius 2 is 1.56 bits per heavy atom. The lowest BCUT2D eigenvalue weighted by atomic mass is 10.2. The molecule has 0 bridgehead atoms. The minimum Gasteiger partial charge on any atom is -0.352 e. The molecule has 2 N–H and O–H groups in total. The summed E-state index contributed by atoms with van der Waals surface area (Å²) in [6.07, 6.45) is 2.48.